The van der Waals surface area contributed by atoms with Crippen LogP contribution in [0.25, 0.3) is 0 Å². The molecule has 0 aromatic carbocycles. The van der Waals surface area contributed by atoms with Gasteiger partial charge in [-0.15, -0.1) is 12.6 Å². The lowest BCUT2D eigenvalue weighted by Crippen LogP contribution is -2.09. The van der Waals surface area contributed by atoms with Crippen LogP contribution in [-0.2, 0) is 4.32 Å². The largest absolute Gasteiger partial charge is 0.259 e. The van der Waals surface area contributed by atoms with Crippen LogP contribution in [0.3, 0.4) is 0 Å². The normalized spacial score (nSPS) is 11.6. The van der Waals surface area contributed by atoms with E-state index in [-0.39, 0.29) is 4.32 Å². The predicted octanol–water partition coefficient (Wildman–Crippen LogP) is 3.00. The molecule has 0 aliphatic rings. The maximum absolute atomic E-state index is 4.30. The Bertz CT molecular complexity index is 255. The second kappa shape index (κ2) is 3.15. The highest BCUT2D eigenvalue weighted by Gasteiger charge is 2.19. The summed E-state index contributed by atoms with van der Waals surface area (Å²) in [5.41, 5.74) is 0.975. The van der Waals surface area contributed by atoms with Crippen molar-refractivity contribution in [3.05, 3.63) is 24.0 Å². The quantitative estimate of drug-likeness (QED) is 0.580. The van der Waals surface area contributed by atoms with Gasteiger partial charge in [-0.2, -0.15) is 0 Å². The molecule has 11 heavy (non-hydrogen) atoms. The Morgan fingerprint density at radius 2 is 2.18 bits per heavy atom. The second-order valence-corrected chi connectivity index (χ2v) is 5.31. The predicted molar refractivity (Wildman–Crippen MR) is 53.4 cm³/mol. The van der Waals surface area contributed by atoms with Crippen molar-refractivity contribution in [2.45, 2.75) is 23.1 Å². The number of pyridine rings is 1. The van der Waals surface area contributed by atoms with Gasteiger partial charge in [0.25, 0.3) is 0 Å². The average Bonchev–Trinajstić information content (AvgIpc) is 1.86. The van der Waals surface area contributed by atoms with Crippen molar-refractivity contribution in [2.75, 3.05) is 0 Å². The number of hydrogen-bond acceptors (Lipinski definition) is 2. The van der Waals surface area contributed by atoms with Gasteiger partial charge in [-0.3, -0.25) is 4.98 Å². The van der Waals surface area contributed by atoms with E-state index in [0.717, 1.165) is 10.6 Å². The molecule has 0 atom stereocenters. The van der Waals surface area contributed by atoms with Crippen LogP contribution >= 0.6 is 28.6 Å². The minimum Gasteiger partial charge on any atom is -0.259 e. The van der Waals surface area contributed by atoms with Gasteiger partial charge in [0.15, 0.2) is 0 Å². The molecule has 0 amide bonds. The van der Waals surface area contributed by atoms with Crippen LogP contribution < -0.4 is 0 Å². The summed E-state index contributed by atoms with van der Waals surface area (Å²) in [4.78, 5) is 5.15. The van der Waals surface area contributed by atoms with Crippen LogP contribution in [0.1, 0.15) is 19.5 Å². The molecule has 0 fully saturated rings. The van der Waals surface area contributed by atoms with Gasteiger partial charge in [0, 0.05) is 11.1 Å². The van der Waals surface area contributed by atoms with Crippen molar-refractivity contribution in [3.63, 3.8) is 0 Å². The Balaban J connectivity index is 3.14. The molecule has 1 aromatic heterocycles. The molecule has 0 saturated heterocycles. The van der Waals surface area contributed by atoms with Gasteiger partial charge >= 0.3 is 0 Å². The average molecular weight is 232 g/mol. The van der Waals surface area contributed by atoms with Gasteiger partial charge in [0.05, 0.1) is 10.0 Å². The van der Waals surface area contributed by atoms with Crippen LogP contribution in [0.15, 0.2) is 23.2 Å². The Hall–Kier alpha value is -0.0200. The van der Waals surface area contributed by atoms with E-state index in [1.807, 2.05) is 12.1 Å². The molecule has 0 saturated carbocycles. The number of nitrogens with zero attached hydrogens (tertiary/aromatic N) is 1. The Labute approximate surface area is 80.8 Å². The zero-order valence-corrected chi connectivity index (χ0v) is 8.98. The third-order valence-corrected chi connectivity index (χ3v) is 2.09. The lowest BCUT2D eigenvalue weighted by Gasteiger charge is -2.16. The monoisotopic (exact) mass is 231 g/mol. The molecular weight excluding hydrogens is 222 g/mol. The van der Waals surface area contributed by atoms with Gasteiger partial charge in [-0.25, -0.2) is 0 Å². The zero-order chi connectivity index (χ0) is 8.48. The van der Waals surface area contributed by atoms with E-state index in [1.54, 1.807) is 6.20 Å². The first-order valence-corrected chi connectivity index (χ1v) is 4.59. The van der Waals surface area contributed by atoms with Crippen molar-refractivity contribution in [1.82, 2.24) is 4.98 Å². The summed E-state index contributed by atoms with van der Waals surface area (Å²) in [5, 5.41) is 0. The Morgan fingerprint density at radius 1 is 1.55 bits per heavy atom. The van der Waals surface area contributed by atoms with Crippen molar-refractivity contribution in [2.24, 2.45) is 0 Å². The molecule has 1 nitrogen and oxygen atoms in total. The van der Waals surface area contributed by atoms with E-state index in [4.69, 9.17) is 0 Å². The van der Waals surface area contributed by atoms with Gasteiger partial charge in [-0.05, 0) is 26.0 Å². The van der Waals surface area contributed by atoms with Gasteiger partial charge in [0.1, 0.15) is 0 Å². The molecule has 0 bridgehead atoms. The molecule has 60 valence electrons. The number of thiol groups is 1. The summed E-state index contributed by atoms with van der Waals surface area (Å²) in [7, 11) is 0. The molecule has 0 aliphatic heterocycles. The summed E-state index contributed by atoms with van der Waals surface area (Å²) in [6, 6.07) is 3.82. The minimum absolute atomic E-state index is 0.0919. The first-order valence-electron chi connectivity index (χ1n) is 3.35. The van der Waals surface area contributed by atoms with Crippen LogP contribution in [-0.4, -0.2) is 4.98 Å². The lowest BCUT2D eigenvalue weighted by molar-refractivity contribution is 0.742. The summed E-state index contributed by atoms with van der Waals surface area (Å²) < 4.78 is -0.0919. The number of halogens is 1. The van der Waals surface area contributed by atoms with Crippen molar-refractivity contribution in [3.8, 4) is 0 Å². The lowest BCUT2D eigenvalue weighted by atomic mass is 10.1. The summed E-state index contributed by atoms with van der Waals surface area (Å²) in [6.07, 6.45) is 1.78. The Morgan fingerprint density at radius 3 is 2.55 bits per heavy atom. The molecule has 0 N–H and O–H groups in total. The highest BCUT2D eigenvalue weighted by atomic mass is 79.9. The third kappa shape index (κ3) is 2.20. The number of hydrogen-bond donors (Lipinski definition) is 1. The summed E-state index contributed by atoms with van der Waals surface area (Å²) in [6.45, 7) is 4.10. The zero-order valence-electron chi connectivity index (χ0n) is 6.50. The smallest absolute Gasteiger partial charge is 0.0698 e. The molecule has 1 aromatic rings. The fourth-order valence-electron chi connectivity index (χ4n) is 0.855. The second-order valence-electron chi connectivity index (χ2n) is 2.84. The van der Waals surface area contributed by atoms with E-state index >= 15 is 0 Å². The van der Waals surface area contributed by atoms with E-state index in [0.29, 0.717) is 0 Å². The van der Waals surface area contributed by atoms with Gasteiger partial charge in [-0.1, -0.05) is 15.9 Å². The highest BCUT2D eigenvalue weighted by Crippen LogP contribution is 2.31. The standard InChI is InChI=1S/C8H10BrNS/c1-8(2,9)7-6(11)4-3-5-10-7/h3-5,11H,1-2H3. The van der Waals surface area contributed by atoms with Gasteiger partial charge in [0.2, 0.25) is 0 Å². The molecule has 3 heteroatoms. The number of alkyl halides is 1. The highest BCUT2D eigenvalue weighted by molar-refractivity contribution is 9.09. The van der Waals surface area contributed by atoms with Crippen molar-refractivity contribution in [1.29, 1.82) is 0 Å². The number of rotatable bonds is 1. The molecule has 1 heterocycles. The van der Waals surface area contributed by atoms with E-state index in [9.17, 15) is 0 Å². The Kier molecular flexibility index (Phi) is 2.60. The van der Waals surface area contributed by atoms with E-state index < -0.39 is 0 Å². The van der Waals surface area contributed by atoms with E-state index in [1.165, 1.54) is 0 Å². The maximum Gasteiger partial charge on any atom is 0.0698 e. The van der Waals surface area contributed by atoms with Crippen LogP contribution in [0.5, 0.6) is 0 Å². The van der Waals surface area contributed by atoms with Crippen LogP contribution in [0.4, 0.5) is 0 Å². The maximum atomic E-state index is 4.30. The fraction of sp³-hybridized carbons (Fsp3) is 0.375. The fourth-order valence-corrected chi connectivity index (χ4v) is 1.75. The van der Waals surface area contributed by atoms with Gasteiger partial charge < -0.3 is 0 Å². The SMILES string of the molecule is CC(C)(Br)c1ncccc1S. The molecular formula is C8H10BrNS. The van der Waals surface area contributed by atoms with Crippen molar-refractivity contribution < 1.29 is 0 Å². The molecule has 0 radical (unpaired) electrons. The molecule has 1 rings (SSSR count). The van der Waals surface area contributed by atoms with Crippen molar-refractivity contribution >= 4 is 28.6 Å². The molecule has 0 aliphatic carbocycles. The van der Waals surface area contributed by atoms with E-state index in [2.05, 4.69) is 47.4 Å². The summed E-state index contributed by atoms with van der Waals surface area (Å²) in [5.74, 6) is 0. The summed E-state index contributed by atoms with van der Waals surface area (Å²) >= 11 is 7.82. The molecule has 0 unspecified atom stereocenters. The first kappa shape index (κ1) is 9.07. The van der Waals surface area contributed by atoms with Crippen LogP contribution in [0.2, 0.25) is 0 Å². The molecule has 0 spiro atoms. The third-order valence-electron chi connectivity index (χ3n) is 1.35. The van der Waals surface area contributed by atoms with Crippen LogP contribution in [0, 0.1) is 0 Å². The first-order chi connectivity index (χ1) is 5.02. The topological polar surface area (TPSA) is 12.9 Å². The minimum atomic E-state index is -0.0919. The number of aromatic nitrogens is 1.